The SMILES string of the molecule is CC1C=CC2(C)CCC=C(N)C2C1. The fourth-order valence-electron chi connectivity index (χ4n) is 2.69. The van der Waals surface area contributed by atoms with Crippen molar-refractivity contribution >= 4 is 0 Å². The highest BCUT2D eigenvalue weighted by Crippen LogP contribution is 2.47. The highest BCUT2D eigenvalue weighted by molar-refractivity contribution is 5.20. The van der Waals surface area contributed by atoms with Crippen LogP contribution in [0, 0.1) is 17.3 Å². The summed E-state index contributed by atoms with van der Waals surface area (Å²) in [5.74, 6) is 1.30. The first-order valence-corrected chi connectivity index (χ1v) is 5.27. The quantitative estimate of drug-likeness (QED) is 0.566. The van der Waals surface area contributed by atoms with Crippen LogP contribution in [-0.4, -0.2) is 0 Å². The lowest BCUT2D eigenvalue weighted by molar-refractivity contribution is 0.212. The molecule has 2 rings (SSSR count). The van der Waals surface area contributed by atoms with Crippen LogP contribution in [0.4, 0.5) is 0 Å². The molecule has 2 aliphatic rings. The molecule has 0 bridgehead atoms. The molecule has 0 aromatic heterocycles. The normalized spacial score (nSPS) is 44.0. The number of nitrogens with two attached hydrogens (primary N) is 1. The van der Waals surface area contributed by atoms with Gasteiger partial charge in [0, 0.05) is 11.6 Å². The Morgan fingerprint density at radius 2 is 2.31 bits per heavy atom. The van der Waals surface area contributed by atoms with E-state index in [2.05, 4.69) is 32.1 Å². The highest BCUT2D eigenvalue weighted by atomic mass is 14.6. The molecule has 0 amide bonds. The molecule has 13 heavy (non-hydrogen) atoms. The zero-order valence-corrected chi connectivity index (χ0v) is 8.59. The lowest BCUT2D eigenvalue weighted by Gasteiger charge is -2.42. The summed E-state index contributed by atoms with van der Waals surface area (Å²) in [6.45, 7) is 4.62. The second-order valence-electron chi connectivity index (χ2n) is 4.87. The summed E-state index contributed by atoms with van der Waals surface area (Å²) in [6, 6.07) is 0. The molecule has 2 aliphatic carbocycles. The summed E-state index contributed by atoms with van der Waals surface area (Å²) in [6.07, 6.45) is 10.6. The second kappa shape index (κ2) is 2.90. The Balaban J connectivity index is 2.32. The molecule has 2 N–H and O–H groups in total. The maximum absolute atomic E-state index is 6.06. The molecule has 0 aromatic carbocycles. The van der Waals surface area contributed by atoms with Gasteiger partial charge in [0.2, 0.25) is 0 Å². The van der Waals surface area contributed by atoms with E-state index in [0.717, 1.165) is 12.1 Å². The van der Waals surface area contributed by atoms with E-state index >= 15 is 0 Å². The highest BCUT2D eigenvalue weighted by Gasteiger charge is 2.38. The van der Waals surface area contributed by atoms with Crippen molar-refractivity contribution < 1.29 is 0 Å². The molecule has 0 spiro atoms. The van der Waals surface area contributed by atoms with Crippen LogP contribution in [0.3, 0.4) is 0 Å². The Bertz CT molecular complexity index is 264. The fraction of sp³-hybridized carbons (Fsp3) is 0.667. The van der Waals surface area contributed by atoms with Gasteiger partial charge in [-0.05, 0) is 30.6 Å². The van der Waals surface area contributed by atoms with Crippen LogP contribution in [0.15, 0.2) is 23.9 Å². The minimum absolute atomic E-state index is 0.353. The Morgan fingerprint density at radius 1 is 1.54 bits per heavy atom. The van der Waals surface area contributed by atoms with Gasteiger partial charge in [-0.1, -0.05) is 32.1 Å². The van der Waals surface area contributed by atoms with Crippen LogP contribution in [0.1, 0.15) is 33.1 Å². The van der Waals surface area contributed by atoms with E-state index in [-0.39, 0.29) is 0 Å². The maximum atomic E-state index is 6.06. The van der Waals surface area contributed by atoms with Crippen LogP contribution in [0.25, 0.3) is 0 Å². The fourth-order valence-corrected chi connectivity index (χ4v) is 2.69. The first kappa shape index (κ1) is 8.86. The largest absolute Gasteiger partial charge is 0.402 e. The van der Waals surface area contributed by atoms with Crippen molar-refractivity contribution in [3.8, 4) is 0 Å². The van der Waals surface area contributed by atoms with Crippen LogP contribution >= 0.6 is 0 Å². The van der Waals surface area contributed by atoms with Crippen LogP contribution in [0.2, 0.25) is 0 Å². The molecule has 0 saturated heterocycles. The summed E-state index contributed by atoms with van der Waals surface area (Å²) < 4.78 is 0. The van der Waals surface area contributed by atoms with Gasteiger partial charge in [0.1, 0.15) is 0 Å². The third-order valence-corrected chi connectivity index (χ3v) is 3.67. The topological polar surface area (TPSA) is 26.0 Å². The summed E-state index contributed by atoms with van der Waals surface area (Å²) in [4.78, 5) is 0. The summed E-state index contributed by atoms with van der Waals surface area (Å²) in [5, 5.41) is 0. The van der Waals surface area contributed by atoms with E-state index < -0.39 is 0 Å². The predicted molar refractivity (Wildman–Crippen MR) is 56.0 cm³/mol. The third-order valence-electron chi connectivity index (χ3n) is 3.67. The lowest BCUT2D eigenvalue weighted by Crippen LogP contribution is -2.36. The molecular weight excluding hydrogens is 158 g/mol. The average molecular weight is 177 g/mol. The summed E-state index contributed by atoms with van der Waals surface area (Å²) >= 11 is 0. The van der Waals surface area contributed by atoms with Crippen LogP contribution in [-0.2, 0) is 0 Å². The van der Waals surface area contributed by atoms with Gasteiger partial charge in [-0.3, -0.25) is 0 Å². The molecule has 1 nitrogen and oxygen atoms in total. The number of hydrogen-bond donors (Lipinski definition) is 1. The Morgan fingerprint density at radius 3 is 3.08 bits per heavy atom. The van der Waals surface area contributed by atoms with Gasteiger partial charge in [-0.2, -0.15) is 0 Å². The molecular formula is C12H19N. The monoisotopic (exact) mass is 177 g/mol. The zero-order valence-electron chi connectivity index (χ0n) is 8.59. The van der Waals surface area contributed by atoms with E-state index in [1.807, 2.05) is 0 Å². The Kier molecular flexibility index (Phi) is 1.98. The van der Waals surface area contributed by atoms with Gasteiger partial charge in [-0.25, -0.2) is 0 Å². The number of fused-ring (bicyclic) bond motifs is 1. The van der Waals surface area contributed by atoms with Gasteiger partial charge in [0.15, 0.2) is 0 Å². The van der Waals surface area contributed by atoms with Crippen LogP contribution in [0.5, 0.6) is 0 Å². The van der Waals surface area contributed by atoms with Crippen LogP contribution < -0.4 is 5.73 Å². The van der Waals surface area contributed by atoms with Gasteiger partial charge in [0.05, 0.1) is 0 Å². The van der Waals surface area contributed by atoms with Crippen molar-refractivity contribution in [3.05, 3.63) is 23.9 Å². The smallest absolute Gasteiger partial charge is 0.00803 e. The van der Waals surface area contributed by atoms with Crippen molar-refractivity contribution in [2.45, 2.75) is 33.1 Å². The molecule has 0 heterocycles. The molecule has 0 radical (unpaired) electrons. The standard InChI is InChI=1S/C12H19N/c1-9-5-7-12(2)6-3-4-11(13)10(12)8-9/h4-5,7,9-10H,3,6,8,13H2,1-2H3. The van der Waals surface area contributed by atoms with Gasteiger partial charge < -0.3 is 5.73 Å². The van der Waals surface area contributed by atoms with Crippen molar-refractivity contribution in [2.24, 2.45) is 23.0 Å². The van der Waals surface area contributed by atoms with E-state index in [9.17, 15) is 0 Å². The molecule has 72 valence electrons. The molecule has 0 aliphatic heterocycles. The summed E-state index contributed by atoms with van der Waals surface area (Å²) in [7, 11) is 0. The minimum Gasteiger partial charge on any atom is -0.402 e. The van der Waals surface area contributed by atoms with Crippen molar-refractivity contribution in [1.82, 2.24) is 0 Å². The van der Waals surface area contributed by atoms with Crippen molar-refractivity contribution in [3.63, 3.8) is 0 Å². The molecule has 0 aromatic rings. The first-order chi connectivity index (χ1) is 6.12. The Hall–Kier alpha value is -0.720. The molecule has 0 saturated carbocycles. The van der Waals surface area contributed by atoms with E-state index in [1.165, 1.54) is 12.8 Å². The molecule has 3 unspecified atom stereocenters. The van der Waals surface area contributed by atoms with E-state index in [1.54, 1.807) is 0 Å². The summed E-state index contributed by atoms with van der Waals surface area (Å²) in [5.41, 5.74) is 7.55. The minimum atomic E-state index is 0.353. The zero-order chi connectivity index (χ0) is 9.47. The maximum Gasteiger partial charge on any atom is 0.00803 e. The lowest BCUT2D eigenvalue weighted by atomic mass is 9.63. The van der Waals surface area contributed by atoms with Gasteiger partial charge in [0.25, 0.3) is 0 Å². The van der Waals surface area contributed by atoms with Gasteiger partial charge >= 0.3 is 0 Å². The number of allylic oxidation sites excluding steroid dienone is 4. The van der Waals surface area contributed by atoms with Gasteiger partial charge in [-0.15, -0.1) is 0 Å². The Labute approximate surface area is 80.7 Å². The average Bonchev–Trinajstić information content (AvgIpc) is 2.08. The second-order valence-corrected chi connectivity index (χ2v) is 4.87. The molecule has 1 heteroatoms. The van der Waals surface area contributed by atoms with E-state index in [4.69, 9.17) is 5.73 Å². The first-order valence-electron chi connectivity index (χ1n) is 5.27. The molecule has 0 fully saturated rings. The van der Waals surface area contributed by atoms with Crippen molar-refractivity contribution in [2.75, 3.05) is 0 Å². The number of hydrogen-bond acceptors (Lipinski definition) is 1. The van der Waals surface area contributed by atoms with E-state index in [0.29, 0.717) is 17.3 Å². The molecule has 3 atom stereocenters. The predicted octanol–water partition coefficient (Wildman–Crippen LogP) is 2.84. The number of rotatable bonds is 0. The van der Waals surface area contributed by atoms with Crippen molar-refractivity contribution in [1.29, 1.82) is 0 Å². The third kappa shape index (κ3) is 1.41.